The van der Waals surface area contributed by atoms with E-state index in [0.717, 1.165) is 24.2 Å². The summed E-state index contributed by atoms with van der Waals surface area (Å²) in [5.41, 5.74) is 1.37. The molecule has 1 saturated carbocycles. The Morgan fingerprint density at radius 3 is 2.64 bits per heavy atom. The number of aromatic nitrogens is 2. The van der Waals surface area contributed by atoms with Crippen LogP contribution in [-0.4, -0.2) is 28.6 Å². The van der Waals surface area contributed by atoms with Crippen LogP contribution in [0.25, 0.3) is 11.3 Å². The number of nitrogens with one attached hydrogen (secondary N) is 1. The van der Waals surface area contributed by atoms with Crippen LogP contribution in [0.4, 0.5) is 0 Å². The molecule has 1 N–H and O–H groups in total. The molecule has 6 nitrogen and oxygen atoms in total. The summed E-state index contributed by atoms with van der Waals surface area (Å²) < 4.78 is 6.96. The molecule has 1 aromatic carbocycles. The highest BCUT2D eigenvalue weighted by atomic mass is 16.5. The minimum atomic E-state index is -0.125. The van der Waals surface area contributed by atoms with E-state index in [1.807, 2.05) is 31.2 Å². The molecule has 0 bridgehead atoms. The lowest BCUT2D eigenvalue weighted by Gasteiger charge is -2.20. The van der Waals surface area contributed by atoms with Gasteiger partial charge in [-0.15, -0.1) is 0 Å². The summed E-state index contributed by atoms with van der Waals surface area (Å²) in [4.78, 5) is 28.8. The monoisotopic (exact) mass is 383 g/mol. The molecule has 3 rings (SSSR count). The fourth-order valence-electron chi connectivity index (χ4n) is 3.68. The topological polar surface area (TPSA) is 73.2 Å². The van der Waals surface area contributed by atoms with Crippen LogP contribution in [0.1, 0.15) is 45.4 Å². The molecule has 0 atom stereocenters. The van der Waals surface area contributed by atoms with Crippen molar-refractivity contribution in [2.75, 3.05) is 13.2 Å². The molecule has 1 aliphatic rings. The van der Waals surface area contributed by atoms with E-state index in [1.165, 1.54) is 29.9 Å². The zero-order valence-corrected chi connectivity index (χ0v) is 16.5. The van der Waals surface area contributed by atoms with Crippen LogP contribution in [0.5, 0.6) is 5.75 Å². The molecule has 1 aliphatic carbocycles. The van der Waals surface area contributed by atoms with Crippen molar-refractivity contribution in [2.24, 2.45) is 5.92 Å². The molecule has 1 fully saturated rings. The summed E-state index contributed by atoms with van der Waals surface area (Å²) >= 11 is 0. The number of amides is 1. The molecule has 0 radical (unpaired) electrons. The second kappa shape index (κ2) is 10.1. The smallest absolute Gasteiger partial charge is 0.253 e. The lowest BCUT2D eigenvalue weighted by molar-refractivity contribution is -0.122. The molecule has 150 valence electrons. The molecular formula is C22H29N3O3. The summed E-state index contributed by atoms with van der Waals surface area (Å²) in [6.45, 7) is 3.42. The third-order valence-electron chi connectivity index (χ3n) is 5.21. The van der Waals surface area contributed by atoms with Gasteiger partial charge in [-0.05, 0) is 49.9 Å². The normalized spacial score (nSPS) is 14.6. The van der Waals surface area contributed by atoms with Gasteiger partial charge >= 0.3 is 0 Å². The van der Waals surface area contributed by atoms with E-state index in [-0.39, 0.29) is 11.5 Å². The van der Waals surface area contributed by atoms with Crippen molar-refractivity contribution in [1.82, 2.24) is 14.9 Å². The third-order valence-corrected chi connectivity index (χ3v) is 5.21. The van der Waals surface area contributed by atoms with Crippen LogP contribution in [0.2, 0.25) is 0 Å². The molecule has 1 heterocycles. The molecule has 0 spiro atoms. The Balaban J connectivity index is 1.51. The quantitative estimate of drug-likeness (QED) is 0.758. The maximum Gasteiger partial charge on any atom is 0.253 e. The molecule has 28 heavy (non-hydrogen) atoms. The van der Waals surface area contributed by atoms with Crippen molar-refractivity contribution in [2.45, 2.75) is 52.0 Å². The number of carbonyl (C=O) groups excluding carboxylic acids is 1. The van der Waals surface area contributed by atoms with Gasteiger partial charge in [0.2, 0.25) is 5.91 Å². The van der Waals surface area contributed by atoms with Crippen LogP contribution in [0, 0.1) is 5.92 Å². The van der Waals surface area contributed by atoms with Gasteiger partial charge in [0.05, 0.1) is 18.6 Å². The number of rotatable bonds is 8. The maximum atomic E-state index is 12.4. The second-order valence-electron chi connectivity index (χ2n) is 7.32. The van der Waals surface area contributed by atoms with Crippen LogP contribution < -0.4 is 15.6 Å². The Morgan fingerprint density at radius 2 is 1.96 bits per heavy atom. The summed E-state index contributed by atoms with van der Waals surface area (Å²) in [5, 5.41) is 2.93. The zero-order valence-electron chi connectivity index (χ0n) is 16.5. The molecule has 0 saturated heterocycles. The Hall–Kier alpha value is -2.63. The molecule has 1 amide bonds. The van der Waals surface area contributed by atoms with Gasteiger partial charge in [-0.25, -0.2) is 4.98 Å². The van der Waals surface area contributed by atoms with Crippen molar-refractivity contribution in [3.05, 3.63) is 47.0 Å². The first-order valence-corrected chi connectivity index (χ1v) is 10.2. The number of hydrogen-bond donors (Lipinski definition) is 1. The third kappa shape index (κ3) is 5.68. The summed E-state index contributed by atoms with van der Waals surface area (Å²) in [5.74, 6) is 1.40. The highest BCUT2D eigenvalue weighted by Gasteiger charge is 2.16. The molecule has 1 aromatic heterocycles. The van der Waals surface area contributed by atoms with E-state index in [0.29, 0.717) is 37.7 Å². The van der Waals surface area contributed by atoms with Gasteiger partial charge in [0, 0.05) is 31.1 Å². The average Bonchev–Trinajstić information content (AvgIpc) is 2.71. The first-order valence-electron chi connectivity index (χ1n) is 10.2. The first kappa shape index (κ1) is 20.1. The molecule has 0 unspecified atom stereocenters. The van der Waals surface area contributed by atoms with Crippen molar-refractivity contribution < 1.29 is 9.53 Å². The standard InChI is InChI=1S/C22H29N3O3/c1-2-28-19-10-8-18(9-11-19)20-15-22(27)25(16-24-20)13-12-23-21(26)14-17-6-4-3-5-7-17/h8-11,15-17H,2-7,12-14H2,1H3,(H,23,26). The van der Waals surface area contributed by atoms with Crippen LogP contribution >= 0.6 is 0 Å². The van der Waals surface area contributed by atoms with E-state index in [1.54, 1.807) is 6.33 Å². The van der Waals surface area contributed by atoms with Crippen LogP contribution in [0.15, 0.2) is 41.5 Å². The number of benzene rings is 1. The summed E-state index contributed by atoms with van der Waals surface area (Å²) in [6, 6.07) is 9.05. The largest absolute Gasteiger partial charge is 0.494 e. The van der Waals surface area contributed by atoms with Gasteiger partial charge in [-0.2, -0.15) is 0 Å². The molecule has 0 aliphatic heterocycles. The number of hydrogen-bond acceptors (Lipinski definition) is 4. The Bertz CT molecular complexity index is 824. The fourth-order valence-corrected chi connectivity index (χ4v) is 3.68. The lowest BCUT2D eigenvalue weighted by Crippen LogP contribution is -2.32. The second-order valence-corrected chi connectivity index (χ2v) is 7.32. The van der Waals surface area contributed by atoms with Crippen molar-refractivity contribution in [1.29, 1.82) is 0 Å². The number of carbonyl (C=O) groups is 1. The van der Waals surface area contributed by atoms with Gasteiger partial charge in [0.1, 0.15) is 5.75 Å². The lowest BCUT2D eigenvalue weighted by atomic mass is 9.87. The van der Waals surface area contributed by atoms with E-state index < -0.39 is 0 Å². The van der Waals surface area contributed by atoms with Crippen LogP contribution in [-0.2, 0) is 11.3 Å². The fraction of sp³-hybridized carbons (Fsp3) is 0.500. The predicted octanol–water partition coefficient (Wildman–Crippen LogP) is 3.40. The van der Waals surface area contributed by atoms with Crippen molar-refractivity contribution in [3.63, 3.8) is 0 Å². The number of ether oxygens (including phenoxy) is 1. The molecular weight excluding hydrogens is 354 g/mol. The highest BCUT2D eigenvalue weighted by Crippen LogP contribution is 2.26. The van der Waals surface area contributed by atoms with Crippen molar-refractivity contribution in [3.8, 4) is 17.0 Å². The van der Waals surface area contributed by atoms with Gasteiger partial charge in [-0.3, -0.25) is 14.2 Å². The summed E-state index contributed by atoms with van der Waals surface area (Å²) in [7, 11) is 0. The predicted molar refractivity (Wildman–Crippen MR) is 109 cm³/mol. The van der Waals surface area contributed by atoms with Gasteiger partial charge in [0.15, 0.2) is 0 Å². The minimum Gasteiger partial charge on any atom is -0.494 e. The Kier molecular flexibility index (Phi) is 7.23. The van der Waals surface area contributed by atoms with Gasteiger partial charge in [-0.1, -0.05) is 19.3 Å². The van der Waals surface area contributed by atoms with Gasteiger partial charge < -0.3 is 10.1 Å². The van der Waals surface area contributed by atoms with Gasteiger partial charge in [0.25, 0.3) is 5.56 Å². The average molecular weight is 383 g/mol. The molecule has 6 heteroatoms. The number of nitrogens with zero attached hydrogens (tertiary/aromatic N) is 2. The Morgan fingerprint density at radius 1 is 1.21 bits per heavy atom. The Labute approximate surface area is 165 Å². The maximum absolute atomic E-state index is 12.4. The van der Waals surface area contributed by atoms with Crippen LogP contribution in [0.3, 0.4) is 0 Å². The first-order chi connectivity index (χ1) is 13.7. The van der Waals surface area contributed by atoms with E-state index in [4.69, 9.17) is 4.74 Å². The highest BCUT2D eigenvalue weighted by molar-refractivity contribution is 5.76. The summed E-state index contributed by atoms with van der Waals surface area (Å²) in [6.07, 6.45) is 8.22. The molecule has 2 aromatic rings. The zero-order chi connectivity index (χ0) is 19.8. The van der Waals surface area contributed by atoms with Crippen molar-refractivity contribution >= 4 is 5.91 Å². The van der Waals surface area contributed by atoms with E-state index in [2.05, 4.69) is 10.3 Å². The van der Waals surface area contributed by atoms with E-state index in [9.17, 15) is 9.59 Å². The minimum absolute atomic E-state index is 0.0823. The SMILES string of the molecule is CCOc1ccc(-c2cc(=O)n(CCNC(=O)CC3CCCCC3)cn2)cc1. The van der Waals surface area contributed by atoms with E-state index >= 15 is 0 Å².